The van der Waals surface area contributed by atoms with Crippen LogP contribution in [0.3, 0.4) is 0 Å². The van der Waals surface area contributed by atoms with E-state index in [1.165, 1.54) is 0 Å². The van der Waals surface area contributed by atoms with Gasteiger partial charge in [0.05, 0.1) is 0 Å². The number of aromatic nitrogens is 2. The first kappa shape index (κ1) is 11.9. The molecule has 1 heterocycles. The van der Waals surface area contributed by atoms with Crippen molar-refractivity contribution < 1.29 is 0 Å². The van der Waals surface area contributed by atoms with Crippen molar-refractivity contribution in [2.75, 3.05) is 6.54 Å². The number of nitrogens with zero attached hydrogens (tertiary/aromatic N) is 2. The highest BCUT2D eigenvalue weighted by atomic mass is 35.5. The molecule has 0 bridgehead atoms. The highest BCUT2D eigenvalue weighted by molar-refractivity contribution is 6.21. The van der Waals surface area contributed by atoms with E-state index >= 15 is 0 Å². The second kappa shape index (κ2) is 4.38. The molecule has 1 fully saturated rings. The molecule has 90 valence electrons. The highest BCUT2D eigenvalue weighted by Crippen LogP contribution is 2.44. The zero-order valence-electron chi connectivity index (χ0n) is 10.2. The standard InChI is InChI=1S/C12H20ClN3/c1-12(2)9(13)8-10(12)14-5-4-11-15-6-7-16(11)3/h6-7,9-10,14H,4-5,8H2,1-3H3. The summed E-state index contributed by atoms with van der Waals surface area (Å²) in [7, 11) is 2.03. The number of hydrogen-bond acceptors (Lipinski definition) is 2. The van der Waals surface area contributed by atoms with Gasteiger partial charge in [0.25, 0.3) is 0 Å². The lowest BCUT2D eigenvalue weighted by atomic mass is 9.67. The minimum atomic E-state index is 0.225. The number of imidazole rings is 1. The SMILES string of the molecule is Cn1ccnc1CCNC1CC(Cl)C1(C)C. The second-order valence-corrected chi connectivity index (χ2v) is 5.76. The summed E-state index contributed by atoms with van der Waals surface area (Å²) in [6, 6.07) is 0.551. The van der Waals surface area contributed by atoms with Crippen LogP contribution in [0.5, 0.6) is 0 Å². The maximum atomic E-state index is 6.18. The molecule has 16 heavy (non-hydrogen) atoms. The lowest BCUT2D eigenvalue weighted by Crippen LogP contribution is -2.58. The van der Waals surface area contributed by atoms with Crippen LogP contribution in [0.15, 0.2) is 12.4 Å². The Hall–Kier alpha value is -0.540. The Morgan fingerprint density at radius 2 is 2.38 bits per heavy atom. The van der Waals surface area contributed by atoms with Crippen LogP contribution in [0.1, 0.15) is 26.1 Å². The van der Waals surface area contributed by atoms with Gasteiger partial charge >= 0.3 is 0 Å². The smallest absolute Gasteiger partial charge is 0.109 e. The Morgan fingerprint density at radius 3 is 2.88 bits per heavy atom. The molecule has 0 radical (unpaired) electrons. The average molecular weight is 242 g/mol. The maximum Gasteiger partial charge on any atom is 0.109 e. The van der Waals surface area contributed by atoms with Crippen molar-refractivity contribution in [3.63, 3.8) is 0 Å². The second-order valence-electron chi connectivity index (χ2n) is 5.24. The number of halogens is 1. The molecule has 1 aromatic heterocycles. The van der Waals surface area contributed by atoms with Crippen molar-refractivity contribution in [3.8, 4) is 0 Å². The molecule has 4 heteroatoms. The van der Waals surface area contributed by atoms with Crippen LogP contribution in [0.4, 0.5) is 0 Å². The number of rotatable bonds is 4. The van der Waals surface area contributed by atoms with Crippen molar-refractivity contribution >= 4 is 11.6 Å². The molecule has 1 aliphatic rings. The summed E-state index contributed by atoms with van der Waals surface area (Å²) in [6.07, 6.45) is 5.88. The average Bonchev–Trinajstić information content (AvgIpc) is 2.63. The summed E-state index contributed by atoms with van der Waals surface area (Å²) in [5, 5.41) is 3.89. The normalized spacial score (nSPS) is 27.8. The molecule has 0 amide bonds. The van der Waals surface area contributed by atoms with Gasteiger partial charge < -0.3 is 9.88 Å². The molecule has 0 aromatic carbocycles. The van der Waals surface area contributed by atoms with Gasteiger partial charge in [0.1, 0.15) is 5.82 Å². The van der Waals surface area contributed by atoms with Crippen molar-refractivity contribution in [3.05, 3.63) is 18.2 Å². The maximum absolute atomic E-state index is 6.18. The Bertz CT molecular complexity index is 359. The van der Waals surface area contributed by atoms with Gasteiger partial charge in [-0.25, -0.2) is 4.98 Å². The molecule has 1 aromatic rings. The number of alkyl halides is 1. The molecule has 1 aliphatic carbocycles. The highest BCUT2D eigenvalue weighted by Gasteiger charge is 2.46. The van der Waals surface area contributed by atoms with Crippen LogP contribution in [0.2, 0.25) is 0 Å². The fraction of sp³-hybridized carbons (Fsp3) is 0.750. The Morgan fingerprint density at radius 1 is 1.62 bits per heavy atom. The number of nitrogens with one attached hydrogen (secondary N) is 1. The van der Waals surface area contributed by atoms with Crippen LogP contribution in [0.25, 0.3) is 0 Å². The van der Waals surface area contributed by atoms with E-state index in [1.54, 1.807) is 0 Å². The summed E-state index contributed by atoms with van der Waals surface area (Å²) >= 11 is 6.18. The molecule has 3 nitrogen and oxygen atoms in total. The zero-order valence-corrected chi connectivity index (χ0v) is 11.0. The zero-order chi connectivity index (χ0) is 11.8. The monoisotopic (exact) mass is 241 g/mol. The molecule has 1 saturated carbocycles. The van der Waals surface area contributed by atoms with Crippen LogP contribution in [0, 0.1) is 5.41 Å². The summed E-state index contributed by atoms with van der Waals surface area (Å²) in [4.78, 5) is 4.30. The van der Waals surface area contributed by atoms with Crippen LogP contribution >= 0.6 is 11.6 Å². The summed E-state index contributed by atoms with van der Waals surface area (Å²) in [5.74, 6) is 1.13. The third kappa shape index (κ3) is 2.11. The van der Waals surface area contributed by atoms with Gasteiger partial charge in [-0.1, -0.05) is 13.8 Å². The Balaban J connectivity index is 1.76. The molecule has 2 atom stereocenters. The predicted octanol–water partition coefficient (Wildman–Crippen LogP) is 1.96. The lowest BCUT2D eigenvalue weighted by Gasteiger charge is -2.49. The van der Waals surface area contributed by atoms with Crippen molar-refractivity contribution in [1.82, 2.24) is 14.9 Å². The van der Waals surface area contributed by atoms with E-state index in [0.29, 0.717) is 11.4 Å². The van der Waals surface area contributed by atoms with E-state index in [4.69, 9.17) is 11.6 Å². The molecule has 0 spiro atoms. The third-order valence-corrected chi connectivity index (χ3v) is 4.55. The van der Waals surface area contributed by atoms with Crippen LogP contribution < -0.4 is 5.32 Å². The molecule has 2 unspecified atom stereocenters. The van der Waals surface area contributed by atoms with Gasteiger partial charge in [-0.3, -0.25) is 0 Å². The summed E-state index contributed by atoms with van der Waals surface area (Å²) in [6.45, 7) is 5.43. The molecule has 0 aliphatic heterocycles. The van der Waals surface area contributed by atoms with Crippen molar-refractivity contribution in [2.45, 2.75) is 38.1 Å². The topological polar surface area (TPSA) is 29.9 Å². The fourth-order valence-electron chi connectivity index (χ4n) is 2.21. The van der Waals surface area contributed by atoms with E-state index in [1.807, 2.05) is 19.4 Å². The minimum absolute atomic E-state index is 0.225. The van der Waals surface area contributed by atoms with Gasteiger partial charge in [-0.05, 0) is 11.8 Å². The summed E-state index contributed by atoms with van der Waals surface area (Å²) in [5.41, 5.74) is 0.225. The van der Waals surface area contributed by atoms with Crippen molar-refractivity contribution in [2.24, 2.45) is 12.5 Å². The third-order valence-electron chi connectivity index (χ3n) is 3.81. The Kier molecular flexibility index (Phi) is 3.27. The van der Waals surface area contributed by atoms with E-state index in [9.17, 15) is 0 Å². The van der Waals surface area contributed by atoms with E-state index in [-0.39, 0.29) is 5.41 Å². The van der Waals surface area contributed by atoms with Gasteiger partial charge in [0.15, 0.2) is 0 Å². The van der Waals surface area contributed by atoms with E-state index in [0.717, 1.165) is 25.2 Å². The quantitative estimate of drug-likeness (QED) is 0.817. The van der Waals surface area contributed by atoms with Gasteiger partial charge in [-0.2, -0.15) is 0 Å². The van der Waals surface area contributed by atoms with Gasteiger partial charge in [0, 0.05) is 43.8 Å². The van der Waals surface area contributed by atoms with E-state index in [2.05, 4.69) is 28.7 Å². The first-order chi connectivity index (χ1) is 7.51. The van der Waals surface area contributed by atoms with Crippen LogP contribution in [-0.4, -0.2) is 27.5 Å². The first-order valence-electron chi connectivity index (χ1n) is 5.85. The molecule has 1 N–H and O–H groups in total. The van der Waals surface area contributed by atoms with Crippen molar-refractivity contribution in [1.29, 1.82) is 0 Å². The largest absolute Gasteiger partial charge is 0.338 e. The van der Waals surface area contributed by atoms with Crippen LogP contribution in [-0.2, 0) is 13.5 Å². The summed E-state index contributed by atoms with van der Waals surface area (Å²) < 4.78 is 2.07. The number of aryl methyl sites for hydroxylation is 1. The molecule has 2 rings (SSSR count). The molecular weight excluding hydrogens is 222 g/mol. The molecular formula is C12H20ClN3. The fourth-order valence-corrected chi connectivity index (χ4v) is 2.54. The minimum Gasteiger partial charge on any atom is -0.338 e. The van der Waals surface area contributed by atoms with Gasteiger partial charge in [0.2, 0.25) is 0 Å². The first-order valence-corrected chi connectivity index (χ1v) is 6.29. The lowest BCUT2D eigenvalue weighted by molar-refractivity contribution is 0.117. The van der Waals surface area contributed by atoms with E-state index < -0.39 is 0 Å². The Labute approximate surface area is 102 Å². The number of hydrogen-bond donors (Lipinski definition) is 1. The predicted molar refractivity (Wildman–Crippen MR) is 66.7 cm³/mol. The van der Waals surface area contributed by atoms with Gasteiger partial charge in [-0.15, -0.1) is 11.6 Å². The molecule has 0 saturated heterocycles.